The highest BCUT2D eigenvalue weighted by atomic mass is 19.1. The zero-order chi connectivity index (χ0) is 17.3. The predicted octanol–water partition coefficient (Wildman–Crippen LogP) is -1.59. The van der Waals surface area contributed by atoms with E-state index in [0.717, 1.165) is 4.57 Å². The van der Waals surface area contributed by atoms with Gasteiger partial charge in [0, 0.05) is 12.6 Å². The minimum atomic E-state index is -0.923. The van der Waals surface area contributed by atoms with E-state index in [2.05, 4.69) is 15.3 Å². The largest absolute Gasteiger partial charge is 0.394 e. The number of halogens is 1. The maximum Gasteiger partial charge on any atom is 0.330 e. The maximum absolute atomic E-state index is 12.3. The SMILES string of the molecule is O=c1[nH]c(=O)n([C@H]2C[C@@H](O)[C@@H](CO)O2)cc1-c1cn(CCF)nn1. The Morgan fingerprint density at radius 2 is 2.21 bits per heavy atom. The summed E-state index contributed by atoms with van der Waals surface area (Å²) in [6, 6.07) is 0. The molecule has 0 unspecified atom stereocenters. The molecule has 0 spiro atoms. The number of H-pyrrole nitrogens is 1. The second-order valence-electron chi connectivity index (χ2n) is 5.38. The number of hydrogen-bond donors (Lipinski definition) is 3. The van der Waals surface area contributed by atoms with Crippen LogP contribution in [0.4, 0.5) is 4.39 Å². The van der Waals surface area contributed by atoms with Gasteiger partial charge < -0.3 is 14.9 Å². The predicted molar refractivity (Wildman–Crippen MR) is 77.9 cm³/mol. The van der Waals surface area contributed by atoms with Gasteiger partial charge in [0.2, 0.25) is 0 Å². The van der Waals surface area contributed by atoms with Crippen LogP contribution < -0.4 is 11.2 Å². The van der Waals surface area contributed by atoms with Crippen molar-refractivity contribution in [2.24, 2.45) is 0 Å². The summed E-state index contributed by atoms with van der Waals surface area (Å²) in [7, 11) is 0. The molecule has 0 saturated carbocycles. The molecule has 11 heteroatoms. The van der Waals surface area contributed by atoms with Crippen LogP contribution in [0.1, 0.15) is 12.6 Å². The molecule has 1 aliphatic heterocycles. The Kier molecular flexibility index (Phi) is 4.55. The highest BCUT2D eigenvalue weighted by Gasteiger charge is 2.35. The third kappa shape index (κ3) is 3.00. The van der Waals surface area contributed by atoms with E-state index in [-0.39, 0.29) is 30.8 Å². The van der Waals surface area contributed by atoms with Crippen LogP contribution in [-0.2, 0) is 11.3 Å². The number of aliphatic hydroxyl groups is 2. The van der Waals surface area contributed by atoms with Crippen molar-refractivity contribution in [3.8, 4) is 11.3 Å². The van der Waals surface area contributed by atoms with E-state index in [1.165, 1.54) is 17.1 Å². The first-order valence-corrected chi connectivity index (χ1v) is 7.29. The first-order valence-electron chi connectivity index (χ1n) is 7.29. The van der Waals surface area contributed by atoms with Gasteiger partial charge in [0.15, 0.2) is 0 Å². The Hall–Kier alpha value is -2.37. The quantitative estimate of drug-likeness (QED) is 0.596. The molecule has 0 bridgehead atoms. The lowest BCUT2D eigenvalue weighted by Crippen LogP contribution is -2.33. The number of nitrogens with zero attached hydrogens (tertiary/aromatic N) is 4. The van der Waals surface area contributed by atoms with Crippen LogP contribution in [0.5, 0.6) is 0 Å². The number of ether oxygens (including phenoxy) is 1. The molecule has 3 rings (SSSR count). The fourth-order valence-electron chi connectivity index (χ4n) is 2.55. The summed E-state index contributed by atoms with van der Waals surface area (Å²) < 4.78 is 20.1. The second kappa shape index (κ2) is 6.63. The smallest absolute Gasteiger partial charge is 0.330 e. The number of rotatable bonds is 5. The van der Waals surface area contributed by atoms with Crippen molar-refractivity contribution < 1.29 is 19.3 Å². The molecule has 2 aromatic heterocycles. The molecule has 24 heavy (non-hydrogen) atoms. The molecule has 3 N–H and O–H groups in total. The summed E-state index contributed by atoms with van der Waals surface area (Å²) in [5.74, 6) is 0. The number of alkyl halides is 1. The average Bonchev–Trinajstić information content (AvgIpc) is 3.14. The zero-order valence-electron chi connectivity index (χ0n) is 12.5. The van der Waals surface area contributed by atoms with Crippen LogP contribution in [0.15, 0.2) is 22.0 Å². The molecule has 10 nitrogen and oxygen atoms in total. The highest BCUT2D eigenvalue weighted by Crippen LogP contribution is 2.27. The van der Waals surface area contributed by atoms with Gasteiger partial charge >= 0.3 is 5.69 Å². The van der Waals surface area contributed by atoms with Gasteiger partial charge in [-0.2, -0.15) is 0 Å². The summed E-state index contributed by atoms with van der Waals surface area (Å²) in [4.78, 5) is 26.2. The summed E-state index contributed by atoms with van der Waals surface area (Å²) in [5.41, 5.74) is -1.14. The van der Waals surface area contributed by atoms with Gasteiger partial charge in [-0.15, -0.1) is 5.10 Å². The summed E-state index contributed by atoms with van der Waals surface area (Å²) in [6.45, 7) is -1.02. The van der Waals surface area contributed by atoms with E-state index in [0.29, 0.717) is 0 Å². The number of aryl methyl sites for hydroxylation is 1. The maximum atomic E-state index is 12.3. The number of aliphatic hydroxyl groups excluding tert-OH is 2. The van der Waals surface area contributed by atoms with E-state index in [4.69, 9.17) is 9.84 Å². The number of nitrogens with one attached hydrogen (secondary N) is 1. The van der Waals surface area contributed by atoms with Crippen LogP contribution >= 0.6 is 0 Å². The Balaban J connectivity index is 1.97. The topological polar surface area (TPSA) is 135 Å². The molecule has 3 atom stereocenters. The van der Waals surface area contributed by atoms with Crippen LogP contribution in [0.25, 0.3) is 11.3 Å². The fraction of sp³-hybridized carbons (Fsp3) is 0.538. The van der Waals surface area contributed by atoms with Crippen molar-refractivity contribution in [3.05, 3.63) is 33.2 Å². The fourth-order valence-corrected chi connectivity index (χ4v) is 2.55. The minimum absolute atomic E-state index is 0.000647. The van der Waals surface area contributed by atoms with E-state index in [1.807, 2.05) is 0 Å². The highest BCUT2D eigenvalue weighted by molar-refractivity contribution is 5.54. The summed E-state index contributed by atoms with van der Waals surface area (Å²) >= 11 is 0. The van der Waals surface area contributed by atoms with Crippen LogP contribution in [-0.4, -0.2) is 60.2 Å². The Labute approximate surface area is 134 Å². The lowest BCUT2D eigenvalue weighted by Gasteiger charge is -2.14. The van der Waals surface area contributed by atoms with Crippen molar-refractivity contribution >= 4 is 0 Å². The van der Waals surface area contributed by atoms with Crippen molar-refractivity contribution in [2.45, 2.75) is 31.4 Å². The van der Waals surface area contributed by atoms with Gasteiger partial charge in [-0.25, -0.2) is 13.9 Å². The molecule has 0 aliphatic carbocycles. The summed E-state index contributed by atoms with van der Waals surface area (Å²) in [6.07, 6.45) is 0.171. The van der Waals surface area contributed by atoms with Crippen LogP contribution in [0.3, 0.4) is 0 Å². The monoisotopic (exact) mass is 341 g/mol. The average molecular weight is 341 g/mol. The molecule has 0 radical (unpaired) electrons. The van der Waals surface area contributed by atoms with E-state index in [9.17, 15) is 19.1 Å². The third-order valence-corrected chi connectivity index (χ3v) is 3.79. The molecule has 1 fully saturated rings. The van der Waals surface area contributed by atoms with Crippen molar-refractivity contribution in [1.82, 2.24) is 24.5 Å². The molecule has 0 amide bonds. The van der Waals surface area contributed by atoms with Crippen molar-refractivity contribution in [3.63, 3.8) is 0 Å². The summed E-state index contributed by atoms with van der Waals surface area (Å²) in [5, 5.41) is 26.4. The Morgan fingerprint density at radius 3 is 2.88 bits per heavy atom. The molecular formula is C13H16FN5O5. The van der Waals surface area contributed by atoms with Crippen LogP contribution in [0, 0.1) is 0 Å². The van der Waals surface area contributed by atoms with E-state index < -0.39 is 36.4 Å². The van der Waals surface area contributed by atoms with Gasteiger partial charge in [0.25, 0.3) is 5.56 Å². The van der Waals surface area contributed by atoms with E-state index in [1.54, 1.807) is 0 Å². The molecule has 2 aromatic rings. The van der Waals surface area contributed by atoms with Gasteiger partial charge in [-0.1, -0.05) is 5.21 Å². The van der Waals surface area contributed by atoms with Gasteiger partial charge in [-0.05, 0) is 0 Å². The van der Waals surface area contributed by atoms with E-state index >= 15 is 0 Å². The Bertz CT molecular complexity index is 831. The number of aromatic nitrogens is 5. The zero-order valence-corrected chi connectivity index (χ0v) is 12.5. The molecule has 0 aromatic carbocycles. The second-order valence-corrected chi connectivity index (χ2v) is 5.38. The molecular weight excluding hydrogens is 325 g/mol. The standard InChI is InChI=1S/C13H16FN5O5/c14-1-2-18-5-8(16-17-18)7-4-19(13(23)15-12(7)22)11-3-9(21)10(6-20)24-11/h4-5,9-11,20-21H,1-3,6H2,(H,15,22,23)/t9-,10-,11-/m1/s1. The lowest BCUT2D eigenvalue weighted by atomic mass is 10.2. The minimum Gasteiger partial charge on any atom is -0.394 e. The Morgan fingerprint density at radius 1 is 1.42 bits per heavy atom. The van der Waals surface area contributed by atoms with Crippen molar-refractivity contribution in [2.75, 3.05) is 13.3 Å². The van der Waals surface area contributed by atoms with Gasteiger partial charge in [0.05, 0.1) is 31.0 Å². The normalized spacial score (nSPS) is 23.7. The molecule has 1 aliphatic rings. The third-order valence-electron chi connectivity index (χ3n) is 3.79. The number of aromatic amines is 1. The van der Waals surface area contributed by atoms with Crippen molar-refractivity contribution in [1.29, 1.82) is 0 Å². The van der Waals surface area contributed by atoms with Gasteiger partial charge in [0.1, 0.15) is 24.7 Å². The lowest BCUT2D eigenvalue weighted by molar-refractivity contribution is -0.0458. The van der Waals surface area contributed by atoms with Gasteiger partial charge in [-0.3, -0.25) is 14.3 Å². The first-order chi connectivity index (χ1) is 11.5. The molecule has 3 heterocycles. The number of hydrogen-bond acceptors (Lipinski definition) is 7. The first kappa shape index (κ1) is 16.5. The molecule has 130 valence electrons. The van der Waals surface area contributed by atoms with Crippen LogP contribution in [0.2, 0.25) is 0 Å². The molecule has 1 saturated heterocycles.